The first kappa shape index (κ1) is 45.3. The predicted molar refractivity (Wildman–Crippen MR) is 233 cm³/mol. The normalized spacial score (nSPS) is 15.5. The molecule has 0 bridgehead atoms. The van der Waals surface area contributed by atoms with Crippen molar-refractivity contribution in [3.05, 3.63) is 147 Å². The lowest BCUT2D eigenvalue weighted by Gasteiger charge is -2.17. The molecule has 5 aromatic carbocycles. The van der Waals surface area contributed by atoms with Crippen molar-refractivity contribution in [2.75, 3.05) is 16.2 Å². The van der Waals surface area contributed by atoms with E-state index in [9.17, 15) is 66.3 Å². The second-order valence-corrected chi connectivity index (χ2v) is 20.2. The van der Waals surface area contributed by atoms with Gasteiger partial charge in [-0.25, -0.2) is 0 Å². The number of benzene rings is 5. The van der Waals surface area contributed by atoms with E-state index < -0.39 is 89.0 Å². The Balaban J connectivity index is 0.976. The summed E-state index contributed by atoms with van der Waals surface area (Å²) in [6, 6.07) is 25.4. The first-order valence-electron chi connectivity index (χ1n) is 17.6. The highest BCUT2D eigenvalue weighted by molar-refractivity contribution is 7.99. The molecule has 2 aliphatic carbocycles. The van der Waals surface area contributed by atoms with Gasteiger partial charge in [0.25, 0.3) is 46.4 Å². The molecule has 1 amide bonds. The molecule has 0 fully saturated rings. The molecule has 7 N–H and O–H groups in total. The van der Waals surface area contributed by atoms with Gasteiger partial charge in [0.1, 0.15) is 21.2 Å². The molecule has 5 aromatic rings. The molecule has 0 saturated heterocycles. The number of hydrazone groups is 2. The van der Waals surface area contributed by atoms with E-state index in [1.54, 1.807) is 48.5 Å². The molecule has 64 heavy (non-hydrogen) atoms. The van der Waals surface area contributed by atoms with E-state index in [1.165, 1.54) is 36.0 Å². The summed E-state index contributed by atoms with van der Waals surface area (Å²) in [7, 11) is -19.5. The summed E-state index contributed by atoms with van der Waals surface area (Å²) in [6.07, 6.45) is 1.54. The molecule has 2 aliphatic rings. The molecule has 0 aromatic heterocycles. The molecule has 0 atom stereocenters. The number of amides is 1. The standard InChI is InChI=1S/C39H27N5O15S5/c45-37-33(63(54,55)56)19-22-17-29(61(48,49)50)13-15-31(22)35(37)43-41-25-3-1-21(2-4-25)39(47)40-24-5-9-27(10-6-24)60-28-11-7-26(8-12-28)42-44-36-32-16-14-30(62(51,52)53)18-23(32)20-34(38(36)46)64(57,58)59/h1-20,41-42H,(H,40,47)(H,48,49,50)(H,51,52,53)(H,54,55,56)(H,57,58,59). The Morgan fingerprint density at radius 2 is 0.859 bits per heavy atom. The minimum Gasteiger partial charge on any atom is -0.322 e. The summed E-state index contributed by atoms with van der Waals surface area (Å²) in [5.74, 6) is -2.82. The number of nitrogens with one attached hydrogen (secondary N) is 3. The summed E-state index contributed by atoms with van der Waals surface area (Å²) in [6.45, 7) is 0. The molecule has 20 nitrogen and oxygen atoms in total. The molecule has 0 radical (unpaired) electrons. The fraction of sp³-hybridized carbons (Fsp3) is 0. The van der Waals surface area contributed by atoms with Crippen molar-refractivity contribution in [3.8, 4) is 0 Å². The van der Waals surface area contributed by atoms with Crippen LogP contribution < -0.4 is 16.2 Å². The van der Waals surface area contributed by atoms with Crippen LogP contribution in [0.3, 0.4) is 0 Å². The molecule has 0 spiro atoms. The van der Waals surface area contributed by atoms with E-state index in [2.05, 4.69) is 26.4 Å². The molecule has 7 rings (SSSR count). The van der Waals surface area contributed by atoms with Crippen LogP contribution in [0.4, 0.5) is 17.1 Å². The van der Waals surface area contributed by atoms with Crippen LogP contribution in [0.5, 0.6) is 0 Å². The highest BCUT2D eigenvalue weighted by atomic mass is 32.2. The SMILES string of the molecule is O=C1C(S(=O)(=O)O)=Cc2cc(S(=O)(=O)O)ccc2C1=NNc1ccc(Sc2ccc(NC(=O)c3ccc(NN=C4C(=O)C(S(=O)(=O)O)=Cc5cc(S(=O)(=O)O)ccc54)cc3)cc2)cc1. The number of rotatable bonds is 12. The van der Waals surface area contributed by atoms with E-state index >= 15 is 0 Å². The summed E-state index contributed by atoms with van der Waals surface area (Å²) in [5, 5.41) is 10.8. The van der Waals surface area contributed by atoms with E-state index in [0.29, 0.717) is 11.4 Å². The zero-order valence-electron chi connectivity index (χ0n) is 31.8. The Labute approximate surface area is 367 Å². The number of allylic oxidation sites excluding steroid dienone is 2. The minimum atomic E-state index is -5.06. The Morgan fingerprint density at radius 3 is 1.23 bits per heavy atom. The number of ketones is 2. The van der Waals surface area contributed by atoms with E-state index in [0.717, 1.165) is 58.3 Å². The number of hydrogen-bond donors (Lipinski definition) is 7. The van der Waals surface area contributed by atoms with E-state index in [1.807, 2.05) is 0 Å². The van der Waals surface area contributed by atoms with Crippen molar-refractivity contribution in [1.82, 2.24) is 0 Å². The van der Waals surface area contributed by atoms with Crippen LogP contribution in [0, 0.1) is 0 Å². The summed E-state index contributed by atoms with van der Waals surface area (Å²) < 4.78 is 132. The Morgan fingerprint density at radius 1 is 0.484 bits per heavy atom. The van der Waals surface area contributed by atoms with Crippen LogP contribution >= 0.6 is 11.8 Å². The van der Waals surface area contributed by atoms with E-state index in [-0.39, 0.29) is 33.5 Å². The van der Waals surface area contributed by atoms with Gasteiger partial charge in [0.2, 0.25) is 11.6 Å². The van der Waals surface area contributed by atoms with Gasteiger partial charge in [0.15, 0.2) is 0 Å². The van der Waals surface area contributed by atoms with Gasteiger partial charge in [0.05, 0.1) is 21.2 Å². The minimum absolute atomic E-state index is 0.00222. The largest absolute Gasteiger partial charge is 0.322 e. The van der Waals surface area contributed by atoms with Gasteiger partial charge in [-0.1, -0.05) is 23.9 Å². The van der Waals surface area contributed by atoms with Crippen LogP contribution in [0.15, 0.2) is 149 Å². The second kappa shape index (κ2) is 17.1. The maximum atomic E-state index is 13.0. The van der Waals surface area contributed by atoms with Crippen molar-refractivity contribution < 1.29 is 66.3 Å². The monoisotopic (exact) mass is 965 g/mol. The maximum Gasteiger partial charge on any atom is 0.298 e. The van der Waals surface area contributed by atoms with Crippen molar-refractivity contribution >= 4 is 110 Å². The highest BCUT2D eigenvalue weighted by Gasteiger charge is 2.35. The zero-order chi connectivity index (χ0) is 46.4. The summed E-state index contributed by atoms with van der Waals surface area (Å²) in [4.78, 5) is 37.3. The third-order valence-corrected chi connectivity index (χ3v) is 13.5. The molecule has 0 heterocycles. The maximum absolute atomic E-state index is 13.0. The van der Waals surface area contributed by atoms with Gasteiger partial charge in [0, 0.05) is 32.2 Å². The number of carbonyl (C=O) groups excluding carboxylic acids is 3. The van der Waals surface area contributed by atoms with Crippen molar-refractivity contribution in [3.63, 3.8) is 0 Å². The topological polar surface area (TPSA) is 330 Å². The smallest absolute Gasteiger partial charge is 0.298 e. The molecule has 0 unspecified atom stereocenters. The molecule has 25 heteroatoms. The van der Waals surface area contributed by atoms with E-state index in [4.69, 9.17) is 0 Å². The first-order valence-corrected chi connectivity index (χ1v) is 24.2. The Hall–Kier alpha value is -6.68. The van der Waals surface area contributed by atoms with Crippen LogP contribution in [0.1, 0.15) is 32.6 Å². The molecule has 0 saturated carbocycles. The van der Waals surface area contributed by atoms with Crippen LogP contribution in [0.25, 0.3) is 12.2 Å². The number of carbonyl (C=O) groups is 3. The zero-order valence-corrected chi connectivity index (χ0v) is 35.8. The number of hydrogen-bond acceptors (Lipinski definition) is 16. The average Bonchev–Trinajstić information content (AvgIpc) is 3.22. The average molecular weight is 966 g/mol. The van der Waals surface area contributed by atoms with Gasteiger partial charge in [-0.3, -0.25) is 43.4 Å². The number of fused-ring (bicyclic) bond motifs is 2. The molecule has 328 valence electrons. The lowest BCUT2D eigenvalue weighted by molar-refractivity contribution is -0.110. The van der Waals surface area contributed by atoms with Crippen molar-refractivity contribution in [2.24, 2.45) is 10.2 Å². The predicted octanol–water partition coefficient (Wildman–Crippen LogP) is 4.84. The fourth-order valence-corrected chi connectivity index (χ4v) is 9.11. The second-order valence-electron chi connectivity index (χ2n) is 13.4. The Bertz CT molecular complexity index is 3410. The lowest BCUT2D eigenvalue weighted by atomic mass is 9.94. The first-order chi connectivity index (χ1) is 30.0. The lowest BCUT2D eigenvalue weighted by Crippen LogP contribution is -2.27. The number of anilines is 3. The van der Waals surface area contributed by atoms with Crippen molar-refractivity contribution in [1.29, 1.82) is 0 Å². The van der Waals surface area contributed by atoms with Gasteiger partial charge in [-0.15, -0.1) is 0 Å². The third-order valence-electron chi connectivity index (χ3n) is 9.10. The van der Waals surface area contributed by atoms with Crippen LogP contribution in [-0.2, 0) is 50.1 Å². The third kappa shape index (κ3) is 10.1. The number of Topliss-reactive ketones (excluding diaryl/α,β-unsaturated/α-hetero) is 2. The molecular formula is C39H27N5O15S5. The van der Waals surface area contributed by atoms with Gasteiger partial charge >= 0.3 is 0 Å². The van der Waals surface area contributed by atoms with Gasteiger partial charge in [-0.05, 0) is 120 Å². The van der Waals surface area contributed by atoms with Crippen LogP contribution in [-0.4, -0.2) is 80.8 Å². The highest BCUT2D eigenvalue weighted by Crippen LogP contribution is 2.32. The summed E-state index contributed by atoms with van der Waals surface area (Å²) in [5.41, 5.74) is 5.39. The Kier molecular flexibility index (Phi) is 12.1. The number of nitrogens with zero attached hydrogens (tertiary/aromatic N) is 2. The summed E-state index contributed by atoms with van der Waals surface area (Å²) >= 11 is 1.36. The van der Waals surface area contributed by atoms with Crippen molar-refractivity contribution in [2.45, 2.75) is 19.6 Å². The fourth-order valence-electron chi connectivity index (χ4n) is 6.05. The van der Waals surface area contributed by atoms with Crippen LogP contribution in [0.2, 0.25) is 0 Å². The quantitative estimate of drug-likeness (QED) is 0.0650. The molecule has 0 aliphatic heterocycles. The molecular weight excluding hydrogens is 939 g/mol. The van der Waals surface area contributed by atoms with Gasteiger partial charge < -0.3 is 5.32 Å². The van der Waals surface area contributed by atoms with Gasteiger partial charge in [-0.2, -0.15) is 43.9 Å².